The van der Waals surface area contributed by atoms with Gasteiger partial charge in [0, 0.05) is 5.69 Å². The SMILES string of the molecule is CCC(NC(=O)OC(C)(C)C)C(=O)N1c2ccccc2CCC1c1nc2ccccc2[nH]1. The zero-order chi connectivity index (χ0) is 22.9. The minimum atomic E-state index is -0.706. The fraction of sp³-hybridized carbons (Fsp3) is 0.400. The summed E-state index contributed by atoms with van der Waals surface area (Å²) in [7, 11) is 0. The molecule has 0 saturated carbocycles. The van der Waals surface area contributed by atoms with Crippen molar-refractivity contribution < 1.29 is 14.3 Å². The molecule has 2 atom stereocenters. The third-order valence-electron chi connectivity index (χ3n) is 5.61. The second-order valence-corrected chi connectivity index (χ2v) is 9.14. The Morgan fingerprint density at radius 3 is 2.62 bits per heavy atom. The smallest absolute Gasteiger partial charge is 0.408 e. The Morgan fingerprint density at radius 1 is 1.19 bits per heavy atom. The van der Waals surface area contributed by atoms with Crippen LogP contribution in [0.2, 0.25) is 0 Å². The number of amides is 2. The van der Waals surface area contributed by atoms with E-state index in [0.29, 0.717) is 6.42 Å². The number of anilines is 1. The van der Waals surface area contributed by atoms with Crippen molar-refractivity contribution in [3.05, 3.63) is 59.9 Å². The van der Waals surface area contributed by atoms with Crippen LogP contribution in [0.5, 0.6) is 0 Å². The number of nitrogens with zero attached hydrogens (tertiary/aromatic N) is 2. The highest BCUT2D eigenvalue weighted by molar-refractivity contribution is 6.00. The molecular weight excluding hydrogens is 404 g/mol. The summed E-state index contributed by atoms with van der Waals surface area (Å²) in [5, 5.41) is 2.77. The molecule has 1 aliphatic heterocycles. The number of aromatic amines is 1. The number of hydrogen-bond donors (Lipinski definition) is 2. The van der Waals surface area contributed by atoms with Crippen molar-refractivity contribution in [2.45, 2.75) is 64.6 Å². The number of imidazole rings is 1. The maximum Gasteiger partial charge on any atom is 0.408 e. The summed E-state index contributed by atoms with van der Waals surface area (Å²) >= 11 is 0. The largest absolute Gasteiger partial charge is 0.444 e. The molecule has 4 rings (SSSR count). The average Bonchev–Trinajstić information content (AvgIpc) is 3.19. The van der Waals surface area contributed by atoms with Crippen LogP contribution < -0.4 is 10.2 Å². The van der Waals surface area contributed by atoms with Gasteiger partial charge < -0.3 is 15.0 Å². The molecule has 2 N–H and O–H groups in total. The molecule has 2 aromatic carbocycles. The molecule has 7 heteroatoms. The van der Waals surface area contributed by atoms with Gasteiger partial charge in [0.25, 0.3) is 0 Å². The molecule has 1 aromatic heterocycles. The van der Waals surface area contributed by atoms with Gasteiger partial charge in [0.05, 0.1) is 17.1 Å². The summed E-state index contributed by atoms with van der Waals surface area (Å²) in [5.74, 6) is 0.581. The van der Waals surface area contributed by atoms with E-state index in [1.807, 2.05) is 55.5 Å². The van der Waals surface area contributed by atoms with Crippen LogP contribution in [-0.2, 0) is 16.0 Å². The zero-order valence-electron chi connectivity index (χ0n) is 19.0. The number of hydrogen-bond acceptors (Lipinski definition) is 4. The molecule has 3 aromatic rings. The third kappa shape index (κ3) is 4.47. The van der Waals surface area contributed by atoms with Gasteiger partial charge in [0.15, 0.2) is 0 Å². The average molecular weight is 435 g/mol. The summed E-state index contributed by atoms with van der Waals surface area (Å²) in [5.41, 5.74) is 3.14. The summed E-state index contributed by atoms with van der Waals surface area (Å²) in [6.45, 7) is 7.28. The molecular formula is C25H30N4O3. The van der Waals surface area contributed by atoms with Gasteiger partial charge in [0.2, 0.25) is 5.91 Å². The summed E-state index contributed by atoms with van der Waals surface area (Å²) in [6, 6.07) is 14.8. The van der Waals surface area contributed by atoms with Crippen LogP contribution in [0.3, 0.4) is 0 Å². The molecule has 0 aliphatic carbocycles. The van der Waals surface area contributed by atoms with Crippen LogP contribution in [-0.4, -0.2) is 33.6 Å². The molecule has 2 amide bonds. The summed E-state index contributed by atoms with van der Waals surface area (Å²) in [4.78, 5) is 36.2. The number of carbonyl (C=O) groups is 2. The molecule has 32 heavy (non-hydrogen) atoms. The van der Waals surface area contributed by atoms with Crippen LogP contribution in [0.15, 0.2) is 48.5 Å². The summed E-state index contributed by atoms with van der Waals surface area (Å²) < 4.78 is 5.39. The van der Waals surface area contributed by atoms with Gasteiger partial charge in [-0.05, 0) is 63.8 Å². The molecule has 2 unspecified atom stereocenters. The highest BCUT2D eigenvalue weighted by atomic mass is 16.6. The van der Waals surface area contributed by atoms with Crippen molar-refractivity contribution in [1.29, 1.82) is 0 Å². The Morgan fingerprint density at radius 2 is 1.91 bits per heavy atom. The van der Waals surface area contributed by atoms with Crippen molar-refractivity contribution in [3.8, 4) is 0 Å². The van der Waals surface area contributed by atoms with Crippen molar-refractivity contribution in [1.82, 2.24) is 15.3 Å². The fourth-order valence-corrected chi connectivity index (χ4v) is 4.16. The molecule has 1 aliphatic rings. The van der Waals surface area contributed by atoms with E-state index >= 15 is 0 Å². The van der Waals surface area contributed by atoms with Crippen molar-refractivity contribution in [2.75, 3.05) is 4.90 Å². The molecule has 2 heterocycles. The van der Waals surface area contributed by atoms with E-state index in [4.69, 9.17) is 9.72 Å². The lowest BCUT2D eigenvalue weighted by Gasteiger charge is -2.38. The lowest BCUT2D eigenvalue weighted by Crippen LogP contribution is -2.51. The number of rotatable bonds is 4. The number of nitrogens with one attached hydrogen (secondary N) is 2. The number of alkyl carbamates (subject to hydrolysis) is 1. The van der Waals surface area contributed by atoms with Gasteiger partial charge in [-0.25, -0.2) is 9.78 Å². The molecule has 0 fully saturated rings. The van der Waals surface area contributed by atoms with Crippen LogP contribution in [0, 0.1) is 0 Å². The first-order valence-corrected chi connectivity index (χ1v) is 11.1. The van der Waals surface area contributed by atoms with E-state index in [1.165, 1.54) is 0 Å². The first-order valence-electron chi connectivity index (χ1n) is 11.1. The van der Waals surface area contributed by atoms with Gasteiger partial charge in [-0.1, -0.05) is 37.3 Å². The predicted molar refractivity (Wildman–Crippen MR) is 125 cm³/mol. The highest BCUT2D eigenvalue weighted by Crippen LogP contribution is 2.38. The van der Waals surface area contributed by atoms with Crippen LogP contribution >= 0.6 is 0 Å². The van der Waals surface area contributed by atoms with Crippen LogP contribution in [0.1, 0.15) is 58.0 Å². The first-order chi connectivity index (χ1) is 15.3. The maximum absolute atomic E-state index is 13.8. The van der Waals surface area contributed by atoms with Gasteiger partial charge in [0.1, 0.15) is 17.5 Å². The molecule has 0 spiro atoms. The second kappa shape index (κ2) is 8.65. The number of aryl methyl sites for hydroxylation is 1. The predicted octanol–water partition coefficient (Wildman–Crippen LogP) is 4.89. The molecule has 0 radical (unpaired) electrons. The van der Waals surface area contributed by atoms with E-state index < -0.39 is 17.7 Å². The fourth-order valence-electron chi connectivity index (χ4n) is 4.16. The van der Waals surface area contributed by atoms with Gasteiger partial charge in [-0.15, -0.1) is 0 Å². The maximum atomic E-state index is 13.8. The van der Waals surface area contributed by atoms with Crippen LogP contribution in [0.25, 0.3) is 11.0 Å². The Kier molecular flexibility index (Phi) is 5.91. The Balaban J connectivity index is 1.69. The van der Waals surface area contributed by atoms with E-state index in [0.717, 1.165) is 41.0 Å². The minimum absolute atomic E-state index is 0.170. The van der Waals surface area contributed by atoms with E-state index in [1.54, 1.807) is 25.7 Å². The Hall–Kier alpha value is -3.35. The van der Waals surface area contributed by atoms with Crippen molar-refractivity contribution in [2.24, 2.45) is 0 Å². The Bertz CT molecular complexity index is 1100. The van der Waals surface area contributed by atoms with Gasteiger partial charge in [-0.2, -0.15) is 0 Å². The molecule has 168 valence electrons. The first kappa shape index (κ1) is 21.9. The number of H-pyrrole nitrogens is 1. The lowest BCUT2D eigenvalue weighted by molar-refractivity contribution is -0.121. The van der Waals surface area contributed by atoms with Crippen LogP contribution in [0.4, 0.5) is 10.5 Å². The number of aromatic nitrogens is 2. The van der Waals surface area contributed by atoms with Gasteiger partial charge in [-0.3, -0.25) is 9.69 Å². The lowest BCUT2D eigenvalue weighted by atomic mass is 9.94. The second-order valence-electron chi connectivity index (χ2n) is 9.14. The normalized spacial score (nSPS) is 17.0. The number of carbonyl (C=O) groups excluding carboxylic acids is 2. The topological polar surface area (TPSA) is 87.3 Å². The summed E-state index contributed by atoms with van der Waals surface area (Å²) in [6.07, 6.45) is 1.44. The number of fused-ring (bicyclic) bond motifs is 2. The third-order valence-corrected chi connectivity index (χ3v) is 5.61. The number of ether oxygens (including phenoxy) is 1. The van der Waals surface area contributed by atoms with E-state index in [2.05, 4.69) is 10.3 Å². The van der Waals surface area contributed by atoms with Crippen molar-refractivity contribution in [3.63, 3.8) is 0 Å². The standard InChI is InChI=1S/C25H30N4O3/c1-5-17(28-24(31)32-25(2,3)4)23(30)29-20-13-9-6-10-16(20)14-15-21(29)22-26-18-11-7-8-12-19(18)27-22/h6-13,17,21H,5,14-15H2,1-4H3,(H,26,27)(H,28,31). The number of benzene rings is 2. The Labute approximate surface area is 188 Å². The van der Waals surface area contributed by atoms with Crippen molar-refractivity contribution >= 4 is 28.7 Å². The molecule has 7 nitrogen and oxygen atoms in total. The quantitative estimate of drug-likeness (QED) is 0.612. The number of para-hydroxylation sites is 3. The zero-order valence-corrected chi connectivity index (χ0v) is 19.0. The molecule has 0 saturated heterocycles. The highest BCUT2D eigenvalue weighted by Gasteiger charge is 2.37. The van der Waals surface area contributed by atoms with E-state index in [9.17, 15) is 9.59 Å². The van der Waals surface area contributed by atoms with Gasteiger partial charge >= 0.3 is 6.09 Å². The molecule has 0 bridgehead atoms. The van der Waals surface area contributed by atoms with E-state index in [-0.39, 0.29) is 11.9 Å². The minimum Gasteiger partial charge on any atom is -0.444 e. The monoisotopic (exact) mass is 434 g/mol.